The van der Waals surface area contributed by atoms with Crippen molar-refractivity contribution in [3.8, 4) is 0 Å². The summed E-state index contributed by atoms with van der Waals surface area (Å²) in [5, 5.41) is 3.42. The molecule has 0 aliphatic carbocycles. The zero-order valence-electron chi connectivity index (χ0n) is 13.8. The van der Waals surface area contributed by atoms with Gasteiger partial charge in [0.25, 0.3) is 0 Å². The van der Waals surface area contributed by atoms with Crippen molar-refractivity contribution in [3.63, 3.8) is 0 Å². The van der Waals surface area contributed by atoms with Gasteiger partial charge in [0, 0.05) is 19.3 Å². The lowest BCUT2D eigenvalue weighted by Gasteiger charge is -2.20. The first-order valence-corrected chi connectivity index (χ1v) is 7.81. The van der Waals surface area contributed by atoms with E-state index in [1.165, 1.54) is 11.1 Å². The van der Waals surface area contributed by atoms with Gasteiger partial charge in [0.1, 0.15) is 0 Å². The quantitative estimate of drug-likeness (QED) is 0.727. The van der Waals surface area contributed by atoms with Crippen LogP contribution in [0.5, 0.6) is 0 Å². The maximum atomic E-state index is 5.40. The molecule has 0 saturated carbocycles. The molecule has 1 rings (SSSR count). The van der Waals surface area contributed by atoms with Crippen molar-refractivity contribution < 1.29 is 4.74 Å². The Kier molecular flexibility index (Phi) is 7.25. The molecule has 0 aliphatic heterocycles. The van der Waals surface area contributed by atoms with E-state index in [9.17, 15) is 0 Å². The van der Waals surface area contributed by atoms with E-state index < -0.39 is 0 Å². The van der Waals surface area contributed by atoms with Crippen molar-refractivity contribution in [2.45, 2.75) is 58.4 Å². The molecule has 0 saturated heterocycles. The Labute approximate surface area is 124 Å². The third-order valence-electron chi connectivity index (χ3n) is 3.76. The molecule has 0 spiro atoms. The van der Waals surface area contributed by atoms with E-state index in [-0.39, 0.29) is 5.41 Å². The van der Waals surface area contributed by atoms with Crippen molar-refractivity contribution in [2.75, 3.05) is 20.3 Å². The minimum atomic E-state index is 0.235. The Bertz CT molecular complexity index is 364. The first kappa shape index (κ1) is 17.2. The van der Waals surface area contributed by atoms with Crippen LogP contribution in [0.1, 0.15) is 51.7 Å². The molecule has 1 aromatic rings. The predicted molar refractivity (Wildman–Crippen MR) is 87.4 cm³/mol. The first-order chi connectivity index (χ1) is 9.47. The van der Waals surface area contributed by atoms with Crippen molar-refractivity contribution in [2.24, 2.45) is 0 Å². The Morgan fingerprint density at radius 1 is 1.15 bits per heavy atom. The molecule has 114 valence electrons. The lowest BCUT2D eigenvalue weighted by Crippen LogP contribution is -2.28. The second-order valence-corrected chi connectivity index (χ2v) is 6.48. The van der Waals surface area contributed by atoms with Crippen LogP contribution in [0.25, 0.3) is 0 Å². The van der Waals surface area contributed by atoms with Gasteiger partial charge in [0.05, 0.1) is 0 Å². The second kappa shape index (κ2) is 8.43. The van der Waals surface area contributed by atoms with E-state index in [0.29, 0.717) is 6.04 Å². The van der Waals surface area contributed by atoms with Gasteiger partial charge in [0.15, 0.2) is 0 Å². The number of rotatable bonds is 8. The fraction of sp³-hybridized carbons (Fsp3) is 0.667. The summed E-state index contributed by atoms with van der Waals surface area (Å²) < 4.78 is 5.40. The average Bonchev–Trinajstić information content (AvgIpc) is 2.42. The summed E-state index contributed by atoms with van der Waals surface area (Å²) in [5.74, 6) is 0. The zero-order valence-corrected chi connectivity index (χ0v) is 13.8. The number of nitrogens with one attached hydrogen (secondary N) is 1. The molecule has 1 N–H and O–H groups in total. The lowest BCUT2D eigenvalue weighted by molar-refractivity contribution is 0.141. The van der Waals surface area contributed by atoms with Crippen LogP contribution in [0.15, 0.2) is 24.3 Å². The van der Waals surface area contributed by atoms with Gasteiger partial charge in [-0.2, -0.15) is 0 Å². The monoisotopic (exact) mass is 277 g/mol. The van der Waals surface area contributed by atoms with E-state index >= 15 is 0 Å². The zero-order chi connectivity index (χ0) is 15.0. The summed E-state index contributed by atoms with van der Waals surface area (Å²) in [6, 6.07) is 9.61. The number of benzene rings is 1. The predicted octanol–water partition coefficient (Wildman–Crippen LogP) is 3.93. The molecule has 0 radical (unpaired) electrons. The molecule has 20 heavy (non-hydrogen) atoms. The molecule has 2 nitrogen and oxygen atoms in total. The first-order valence-electron chi connectivity index (χ1n) is 7.81. The third-order valence-corrected chi connectivity index (χ3v) is 3.76. The minimum Gasteiger partial charge on any atom is -0.382 e. The maximum absolute atomic E-state index is 5.40. The highest BCUT2D eigenvalue weighted by molar-refractivity contribution is 5.27. The van der Waals surface area contributed by atoms with Crippen LogP contribution in [-0.4, -0.2) is 26.3 Å². The number of hydrogen-bond donors (Lipinski definition) is 1. The summed E-state index contributed by atoms with van der Waals surface area (Å²) in [4.78, 5) is 0. The molecule has 0 amide bonds. The van der Waals surface area contributed by atoms with E-state index in [0.717, 1.165) is 32.5 Å². The molecular weight excluding hydrogens is 246 g/mol. The van der Waals surface area contributed by atoms with Gasteiger partial charge in [-0.1, -0.05) is 45.0 Å². The van der Waals surface area contributed by atoms with Crippen LogP contribution in [-0.2, 0) is 16.6 Å². The van der Waals surface area contributed by atoms with Gasteiger partial charge in [-0.05, 0) is 49.8 Å². The fourth-order valence-corrected chi connectivity index (χ4v) is 2.35. The normalized spacial score (nSPS) is 13.4. The maximum Gasteiger partial charge on any atom is 0.0466 e. The Morgan fingerprint density at radius 3 is 2.30 bits per heavy atom. The highest BCUT2D eigenvalue weighted by atomic mass is 16.5. The second-order valence-electron chi connectivity index (χ2n) is 6.48. The molecular formula is C18H31NO. The van der Waals surface area contributed by atoms with Crippen molar-refractivity contribution >= 4 is 0 Å². The Morgan fingerprint density at radius 2 is 1.80 bits per heavy atom. The summed E-state index contributed by atoms with van der Waals surface area (Å²) >= 11 is 0. The van der Waals surface area contributed by atoms with Crippen LogP contribution >= 0.6 is 0 Å². The smallest absolute Gasteiger partial charge is 0.0466 e. The number of likely N-dealkylation sites (N-methyl/N-ethyl adjacent to an activating group) is 1. The van der Waals surface area contributed by atoms with Crippen LogP contribution in [0.3, 0.4) is 0 Å². The van der Waals surface area contributed by atoms with E-state index in [4.69, 9.17) is 4.74 Å². The largest absolute Gasteiger partial charge is 0.382 e. The summed E-state index contributed by atoms with van der Waals surface area (Å²) in [7, 11) is 2.05. The van der Waals surface area contributed by atoms with Gasteiger partial charge in [0.2, 0.25) is 0 Å². The summed E-state index contributed by atoms with van der Waals surface area (Å²) in [6.07, 6.45) is 3.38. The van der Waals surface area contributed by atoms with Crippen LogP contribution < -0.4 is 5.32 Å². The number of ether oxygens (including phenoxy) is 1. The molecule has 0 fully saturated rings. The van der Waals surface area contributed by atoms with Gasteiger partial charge < -0.3 is 10.1 Å². The molecule has 1 aromatic carbocycles. The van der Waals surface area contributed by atoms with Gasteiger partial charge >= 0.3 is 0 Å². The minimum absolute atomic E-state index is 0.235. The summed E-state index contributed by atoms with van der Waals surface area (Å²) in [6.45, 7) is 10.5. The van der Waals surface area contributed by atoms with Crippen LogP contribution in [0.2, 0.25) is 0 Å². The molecule has 0 heterocycles. The van der Waals surface area contributed by atoms with Crippen molar-refractivity contribution in [1.29, 1.82) is 0 Å². The van der Waals surface area contributed by atoms with Crippen molar-refractivity contribution in [1.82, 2.24) is 5.32 Å². The Balaban J connectivity index is 2.49. The van der Waals surface area contributed by atoms with Crippen molar-refractivity contribution in [3.05, 3.63) is 35.4 Å². The molecule has 0 bridgehead atoms. The Hall–Kier alpha value is -0.860. The molecule has 1 atom stereocenters. The highest BCUT2D eigenvalue weighted by Gasteiger charge is 2.13. The third kappa shape index (κ3) is 6.06. The van der Waals surface area contributed by atoms with Gasteiger partial charge in [-0.15, -0.1) is 0 Å². The van der Waals surface area contributed by atoms with Gasteiger partial charge in [-0.3, -0.25) is 0 Å². The van der Waals surface area contributed by atoms with E-state index in [1.54, 1.807) is 0 Å². The van der Waals surface area contributed by atoms with E-state index in [1.807, 2.05) is 6.92 Å². The highest BCUT2D eigenvalue weighted by Crippen LogP contribution is 2.22. The molecule has 2 heteroatoms. The topological polar surface area (TPSA) is 21.3 Å². The standard InChI is InChI=1S/C18H31NO/c1-6-20-13-7-8-17(19-5)14-15-9-11-16(12-10-15)18(2,3)4/h9-12,17,19H,6-8,13-14H2,1-5H3. The lowest BCUT2D eigenvalue weighted by atomic mass is 9.86. The number of hydrogen-bond acceptors (Lipinski definition) is 2. The van der Waals surface area contributed by atoms with Crippen LogP contribution in [0.4, 0.5) is 0 Å². The van der Waals surface area contributed by atoms with E-state index in [2.05, 4.69) is 57.4 Å². The molecule has 0 aliphatic rings. The SMILES string of the molecule is CCOCCCC(Cc1ccc(C(C)(C)C)cc1)NC. The summed E-state index contributed by atoms with van der Waals surface area (Å²) in [5.41, 5.74) is 3.05. The molecule has 0 aromatic heterocycles. The average molecular weight is 277 g/mol. The fourth-order valence-electron chi connectivity index (χ4n) is 2.35. The van der Waals surface area contributed by atoms with Gasteiger partial charge in [-0.25, -0.2) is 0 Å². The molecule has 1 unspecified atom stereocenters. The van der Waals surface area contributed by atoms with Crippen LogP contribution in [0, 0.1) is 0 Å².